The second-order valence-corrected chi connectivity index (χ2v) is 8.35. The SMILES string of the molecule is c1cnc2c(c1)nc(CC1CCCSC1)n2C1CCSC1. The largest absolute Gasteiger partial charge is 0.309 e. The Morgan fingerprint density at radius 1 is 1.19 bits per heavy atom. The highest BCUT2D eigenvalue weighted by molar-refractivity contribution is 7.99. The molecule has 0 aliphatic carbocycles. The minimum absolute atomic E-state index is 0.598. The minimum Gasteiger partial charge on any atom is -0.309 e. The molecule has 2 unspecified atom stereocenters. The third kappa shape index (κ3) is 2.82. The van der Waals surface area contributed by atoms with Gasteiger partial charge in [-0.2, -0.15) is 23.5 Å². The predicted molar refractivity (Wildman–Crippen MR) is 92.3 cm³/mol. The van der Waals surface area contributed by atoms with Crippen LogP contribution in [0.25, 0.3) is 11.2 Å². The van der Waals surface area contributed by atoms with E-state index in [1.165, 1.54) is 48.1 Å². The fraction of sp³-hybridized carbons (Fsp3) is 0.625. The molecule has 5 heteroatoms. The average molecular weight is 319 g/mol. The Balaban J connectivity index is 1.70. The van der Waals surface area contributed by atoms with E-state index in [-0.39, 0.29) is 0 Å². The highest BCUT2D eigenvalue weighted by Crippen LogP contribution is 2.33. The van der Waals surface area contributed by atoms with Crippen LogP contribution in [0.5, 0.6) is 0 Å². The third-order valence-electron chi connectivity index (χ3n) is 4.52. The van der Waals surface area contributed by atoms with Gasteiger partial charge in [-0.15, -0.1) is 0 Å². The van der Waals surface area contributed by atoms with E-state index in [0.29, 0.717) is 6.04 Å². The molecule has 0 bridgehead atoms. The first-order chi connectivity index (χ1) is 10.4. The van der Waals surface area contributed by atoms with Crippen LogP contribution in [0.1, 0.15) is 31.1 Å². The van der Waals surface area contributed by atoms with E-state index in [2.05, 4.69) is 39.1 Å². The number of hydrogen-bond donors (Lipinski definition) is 0. The smallest absolute Gasteiger partial charge is 0.160 e. The molecular weight excluding hydrogens is 298 g/mol. The number of thioether (sulfide) groups is 2. The molecule has 4 rings (SSSR count). The Bertz CT molecular complexity index is 613. The van der Waals surface area contributed by atoms with Crippen molar-refractivity contribution in [3.05, 3.63) is 24.2 Å². The van der Waals surface area contributed by atoms with Crippen LogP contribution >= 0.6 is 23.5 Å². The highest BCUT2D eigenvalue weighted by Gasteiger charge is 2.25. The molecule has 0 N–H and O–H groups in total. The van der Waals surface area contributed by atoms with E-state index < -0.39 is 0 Å². The van der Waals surface area contributed by atoms with Crippen LogP contribution in [0.15, 0.2) is 18.3 Å². The van der Waals surface area contributed by atoms with E-state index in [0.717, 1.165) is 23.5 Å². The van der Waals surface area contributed by atoms with Gasteiger partial charge in [-0.25, -0.2) is 9.97 Å². The molecule has 2 aliphatic heterocycles. The summed E-state index contributed by atoms with van der Waals surface area (Å²) in [5.74, 6) is 7.21. The topological polar surface area (TPSA) is 30.7 Å². The first-order valence-electron chi connectivity index (χ1n) is 7.89. The second-order valence-electron chi connectivity index (χ2n) is 6.05. The Hall–Kier alpha value is -0.680. The van der Waals surface area contributed by atoms with Gasteiger partial charge in [0.1, 0.15) is 11.3 Å². The molecule has 0 radical (unpaired) electrons. The summed E-state index contributed by atoms with van der Waals surface area (Å²) in [6.07, 6.45) is 7.03. The van der Waals surface area contributed by atoms with Gasteiger partial charge in [0.2, 0.25) is 0 Å². The molecule has 3 nitrogen and oxygen atoms in total. The standard InChI is InChI=1S/C16H21N3S2/c1-4-14-16(17-6-1)19(13-5-8-21-11-13)15(18-14)9-12-3-2-7-20-10-12/h1,4,6,12-13H,2-3,5,7-11H2. The molecule has 4 heterocycles. The molecule has 0 amide bonds. The number of hydrogen-bond acceptors (Lipinski definition) is 4. The number of rotatable bonds is 3. The van der Waals surface area contributed by atoms with E-state index in [1.807, 2.05) is 12.3 Å². The van der Waals surface area contributed by atoms with Crippen molar-refractivity contribution in [3.8, 4) is 0 Å². The highest BCUT2D eigenvalue weighted by atomic mass is 32.2. The van der Waals surface area contributed by atoms with Gasteiger partial charge in [0.15, 0.2) is 5.65 Å². The lowest BCUT2D eigenvalue weighted by atomic mass is 10.0. The fourth-order valence-electron chi connectivity index (χ4n) is 3.46. The van der Waals surface area contributed by atoms with E-state index >= 15 is 0 Å². The number of pyridine rings is 1. The summed E-state index contributed by atoms with van der Waals surface area (Å²) in [5, 5.41) is 0. The fourth-order valence-corrected chi connectivity index (χ4v) is 5.81. The van der Waals surface area contributed by atoms with Gasteiger partial charge in [-0.1, -0.05) is 0 Å². The average Bonchev–Trinajstić information content (AvgIpc) is 3.14. The minimum atomic E-state index is 0.598. The number of fused-ring (bicyclic) bond motifs is 1. The molecule has 2 aliphatic rings. The summed E-state index contributed by atoms with van der Waals surface area (Å²) in [7, 11) is 0. The van der Waals surface area contributed by atoms with Crippen molar-refractivity contribution < 1.29 is 0 Å². The molecule has 0 aromatic carbocycles. The zero-order valence-corrected chi connectivity index (χ0v) is 13.8. The van der Waals surface area contributed by atoms with Gasteiger partial charge < -0.3 is 4.57 Å². The van der Waals surface area contributed by atoms with E-state index in [1.54, 1.807) is 0 Å². The van der Waals surface area contributed by atoms with Crippen molar-refractivity contribution in [3.63, 3.8) is 0 Å². The quantitative estimate of drug-likeness (QED) is 0.861. The summed E-state index contributed by atoms with van der Waals surface area (Å²) in [4.78, 5) is 9.56. The maximum Gasteiger partial charge on any atom is 0.160 e. The lowest BCUT2D eigenvalue weighted by molar-refractivity contribution is 0.473. The maximum atomic E-state index is 4.93. The molecule has 2 atom stereocenters. The molecular formula is C16H21N3S2. The molecule has 2 saturated heterocycles. The molecule has 0 saturated carbocycles. The molecule has 21 heavy (non-hydrogen) atoms. The summed E-state index contributed by atoms with van der Waals surface area (Å²) in [5.41, 5.74) is 2.18. The summed E-state index contributed by atoms with van der Waals surface area (Å²) in [6, 6.07) is 4.71. The molecule has 2 fully saturated rings. The Kier molecular flexibility index (Phi) is 4.12. The van der Waals surface area contributed by atoms with Crippen LogP contribution in [0.3, 0.4) is 0 Å². The van der Waals surface area contributed by atoms with Gasteiger partial charge in [-0.05, 0) is 54.6 Å². The number of aromatic nitrogens is 3. The predicted octanol–water partition coefficient (Wildman–Crippen LogP) is 3.80. The molecule has 2 aromatic rings. The zero-order chi connectivity index (χ0) is 14.1. The van der Waals surface area contributed by atoms with Crippen LogP contribution < -0.4 is 0 Å². The van der Waals surface area contributed by atoms with Gasteiger partial charge in [-0.3, -0.25) is 0 Å². The van der Waals surface area contributed by atoms with Crippen LogP contribution in [0, 0.1) is 5.92 Å². The van der Waals surface area contributed by atoms with Gasteiger partial charge >= 0.3 is 0 Å². The molecule has 2 aromatic heterocycles. The Morgan fingerprint density at radius 2 is 2.14 bits per heavy atom. The summed E-state index contributed by atoms with van der Waals surface area (Å²) in [6.45, 7) is 0. The van der Waals surface area contributed by atoms with Crippen molar-refractivity contribution >= 4 is 34.7 Å². The monoisotopic (exact) mass is 319 g/mol. The third-order valence-corrected chi connectivity index (χ3v) is 6.95. The van der Waals surface area contributed by atoms with Crippen LogP contribution in [0.4, 0.5) is 0 Å². The van der Waals surface area contributed by atoms with Crippen molar-refractivity contribution in [2.45, 2.75) is 31.7 Å². The van der Waals surface area contributed by atoms with E-state index in [9.17, 15) is 0 Å². The van der Waals surface area contributed by atoms with Crippen molar-refractivity contribution in [1.29, 1.82) is 0 Å². The zero-order valence-electron chi connectivity index (χ0n) is 12.2. The first-order valence-corrected chi connectivity index (χ1v) is 10.2. The van der Waals surface area contributed by atoms with Crippen molar-refractivity contribution in [1.82, 2.24) is 14.5 Å². The van der Waals surface area contributed by atoms with Crippen LogP contribution in [-0.2, 0) is 6.42 Å². The number of nitrogens with zero attached hydrogens (tertiary/aromatic N) is 3. The Morgan fingerprint density at radius 3 is 2.95 bits per heavy atom. The lowest BCUT2D eigenvalue weighted by Gasteiger charge is -2.22. The summed E-state index contributed by atoms with van der Waals surface area (Å²) < 4.78 is 2.47. The molecule has 112 valence electrons. The van der Waals surface area contributed by atoms with Crippen LogP contribution in [0.2, 0.25) is 0 Å². The van der Waals surface area contributed by atoms with Crippen LogP contribution in [-0.4, -0.2) is 37.5 Å². The Labute approximate surface area is 134 Å². The maximum absolute atomic E-state index is 4.93. The van der Waals surface area contributed by atoms with Gasteiger partial charge in [0.25, 0.3) is 0 Å². The van der Waals surface area contributed by atoms with Gasteiger partial charge in [0, 0.05) is 24.4 Å². The van der Waals surface area contributed by atoms with Crippen molar-refractivity contribution in [2.24, 2.45) is 5.92 Å². The molecule has 0 spiro atoms. The van der Waals surface area contributed by atoms with Gasteiger partial charge in [0.05, 0.1) is 0 Å². The number of imidazole rings is 1. The normalized spacial score (nSPS) is 26.5. The van der Waals surface area contributed by atoms with E-state index in [4.69, 9.17) is 4.98 Å². The summed E-state index contributed by atoms with van der Waals surface area (Å²) >= 11 is 4.17. The van der Waals surface area contributed by atoms with Crippen molar-refractivity contribution in [2.75, 3.05) is 23.0 Å². The second kappa shape index (κ2) is 6.21. The first kappa shape index (κ1) is 13.9. The lowest BCUT2D eigenvalue weighted by Crippen LogP contribution is -2.18.